The second kappa shape index (κ2) is 8.97. The van der Waals surface area contributed by atoms with Crippen LogP contribution in [0.2, 0.25) is 0 Å². The number of amides is 1. The van der Waals surface area contributed by atoms with Crippen LogP contribution in [0.15, 0.2) is 54.7 Å². The number of aryl methyl sites for hydroxylation is 1. The van der Waals surface area contributed by atoms with E-state index in [1.54, 1.807) is 36.5 Å². The summed E-state index contributed by atoms with van der Waals surface area (Å²) in [5, 5.41) is 19.0. The molecule has 3 N–H and O–H groups in total. The van der Waals surface area contributed by atoms with Crippen molar-refractivity contribution in [3.05, 3.63) is 71.7 Å². The van der Waals surface area contributed by atoms with Gasteiger partial charge in [-0.2, -0.15) is 0 Å². The summed E-state index contributed by atoms with van der Waals surface area (Å²) in [6.45, 7) is 4.17. The minimum absolute atomic E-state index is 0.0921. The zero-order valence-electron chi connectivity index (χ0n) is 17.9. The maximum Gasteiger partial charge on any atom is 0.260 e. The highest BCUT2D eigenvalue weighted by Crippen LogP contribution is 2.28. The number of anilines is 1. The molecule has 1 atom stereocenters. The predicted molar refractivity (Wildman–Crippen MR) is 124 cm³/mol. The Labute approximate surface area is 186 Å². The fourth-order valence-electron chi connectivity index (χ4n) is 3.49. The molecular formula is C24H24N6O2. The van der Waals surface area contributed by atoms with Crippen LogP contribution in [0.5, 0.6) is 5.75 Å². The van der Waals surface area contributed by atoms with Crippen LogP contribution in [0.3, 0.4) is 0 Å². The molecule has 3 aromatic rings. The lowest BCUT2D eigenvalue weighted by molar-refractivity contribution is 0.102. The molecule has 0 saturated carbocycles. The predicted octanol–water partition coefficient (Wildman–Crippen LogP) is 4.11. The number of carbonyl (C=O) groups is 1. The standard InChI is InChI=1S/C24H24N6O2/c1-15-6-7-18(13-27-15)17-8-9-21-19(12-17)24(31)29-22-5-3-4-20(28-22)23(26)30(14-25)16(2)10-11-32-21/h3-9,12-14,16,25-26H,10-11H2,1-2H3,(H,28,29,31). The number of aromatic nitrogens is 2. The van der Waals surface area contributed by atoms with E-state index in [2.05, 4.69) is 15.3 Å². The van der Waals surface area contributed by atoms with Crippen LogP contribution < -0.4 is 10.1 Å². The molecule has 8 nitrogen and oxygen atoms in total. The van der Waals surface area contributed by atoms with Gasteiger partial charge in [0.05, 0.1) is 18.5 Å². The van der Waals surface area contributed by atoms with Gasteiger partial charge in [0.15, 0.2) is 5.84 Å². The Morgan fingerprint density at radius 2 is 2.00 bits per heavy atom. The van der Waals surface area contributed by atoms with Gasteiger partial charge in [-0.1, -0.05) is 18.2 Å². The number of benzene rings is 1. The SMILES string of the molecule is Cc1ccc(-c2ccc3c(c2)C(=O)Nc2cccc(n2)C(=N)N(C=N)C(C)CCO3)cn1. The van der Waals surface area contributed by atoms with Crippen LogP contribution in [-0.4, -0.2) is 45.6 Å². The van der Waals surface area contributed by atoms with Gasteiger partial charge in [0, 0.05) is 29.9 Å². The van der Waals surface area contributed by atoms with E-state index in [0.717, 1.165) is 23.2 Å². The van der Waals surface area contributed by atoms with E-state index in [-0.39, 0.29) is 17.8 Å². The Kier molecular flexibility index (Phi) is 5.93. The van der Waals surface area contributed by atoms with Gasteiger partial charge in [0.25, 0.3) is 5.91 Å². The lowest BCUT2D eigenvalue weighted by Gasteiger charge is -2.26. The maximum absolute atomic E-state index is 13.2. The Hall–Kier alpha value is -4.07. The molecule has 2 bridgehead atoms. The zero-order valence-corrected chi connectivity index (χ0v) is 17.9. The minimum atomic E-state index is -0.352. The Morgan fingerprint density at radius 3 is 2.75 bits per heavy atom. The van der Waals surface area contributed by atoms with E-state index in [9.17, 15) is 4.79 Å². The fourth-order valence-corrected chi connectivity index (χ4v) is 3.49. The third-order valence-electron chi connectivity index (χ3n) is 5.37. The number of hydrogen-bond acceptors (Lipinski definition) is 6. The summed E-state index contributed by atoms with van der Waals surface area (Å²) in [5.41, 5.74) is 3.44. The van der Waals surface area contributed by atoms with Gasteiger partial charge in [0.1, 0.15) is 17.3 Å². The van der Waals surface area contributed by atoms with Crippen molar-refractivity contribution >= 4 is 23.9 Å². The second-order valence-corrected chi connectivity index (χ2v) is 7.63. The van der Waals surface area contributed by atoms with E-state index in [1.807, 2.05) is 32.0 Å². The molecule has 1 amide bonds. The summed E-state index contributed by atoms with van der Waals surface area (Å²) < 4.78 is 5.97. The quantitative estimate of drug-likeness (QED) is 0.420. The highest BCUT2D eigenvalue weighted by atomic mass is 16.5. The van der Waals surface area contributed by atoms with E-state index in [0.29, 0.717) is 35.9 Å². The average molecular weight is 428 g/mol. The third kappa shape index (κ3) is 4.34. The molecule has 4 rings (SSSR count). The Balaban J connectivity index is 1.75. The fraction of sp³-hybridized carbons (Fsp3) is 0.208. The van der Waals surface area contributed by atoms with Gasteiger partial charge in [-0.05, 0) is 49.7 Å². The molecule has 162 valence electrons. The van der Waals surface area contributed by atoms with Crippen molar-refractivity contribution in [3.63, 3.8) is 0 Å². The number of amidine groups is 1. The highest BCUT2D eigenvalue weighted by molar-refractivity contribution is 6.07. The molecule has 0 spiro atoms. The molecule has 1 aliphatic heterocycles. The summed E-state index contributed by atoms with van der Waals surface area (Å²) in [7, 11) is 0. The summed E-state index contributed by atoms with van der Waals surface area (Å²) in [4.78, 5) is 23.5. The van der Waals surface area contributed by atoms with Gasteiger partial charge in [-0.3, -0.25) is 20.6 Å². The van der Waals surface area contributed by atoms with Crippen molar-refractivity contribution in [1.82, 2.24) is 14.9 Å². The third-order valence-corrected chi connectivity index (χ3v) is 5.37. The average Bonchev–Trinajstić information content (AvgIpc) is 2.80. The number of ether oxygens (including phenoxy) is 1. The first-order valence-corrected chi connectivity index (χ1v) is 10.3. The smallest absolute Gasteiger partial charge is 0.260 e. The van der Waals surface area contributed by atoms with Crippen LogP contribution in [0.4, 0.5) is 5.82 Å². The number of nitrogens with one attached hydrogen (secondary N) is 3. The molecule has 3 heterocycles. The monoisotopic (exact) mass is 428 g/mol. The number of pyridine rings is 2. The topological polar surface area (TPSA) is 115 Å². The van der Waals surface area contributed by atoms with Crippen LogP contribution >= 0.6 is 0 Å². The lowest BCUT2D eigenvalue weighted by Crippen LogP contribution is -2.38. The van der Waals surface area contributed by atoms with Crippen molar-refractivity contribution in [2.45, 2.75) is 26.3 Å². The molecule has 1 aliphatic rings. The molecule has 1 aromatic carbocycles. The minimum Gasteiger partial charge on any atom is -0.493 e. The van der Waals surface area contributed by atoms with Gasteiger partial charge in [-0.15, -0.1) is 0 Å². The van der Waals surface area contributed by atoms with Crippen molar-refractivity contribution in [2.24, 2.45) is 0 Å². The van der Waals surface area contributed by atoms with Crippen molar-refractivity contribution in [3.8, 4) is 16.9 Å². The van der Waals surface area contributed by atoms with Gasteiger partial charge in [0.2, 0.25) is 0 Å². The van der Waals surface area contributed by atoms with Crippen LogP contribution in [-0.2, 0) is 0 Å². The largest absolute Gasteiger partial charge is 0.493 e. The normalized spacial score (nSPS) is 16.6. The first-order valence-electron chi connectivity index (χ1n) is 10.3. The summed E-state index contributed by atoms with van der Waals surface area (Å²) in [5.74, 6) is 0.525. The van der Waals surface area contributed by atoms with E-state index in [4.69, 9.17) is 15.6 Å². The van der Waals surface area contributed by atoms with E-state index in [1.165, 1.54) is 4.90 Å². The number of carbonyl (C=O) groups excluding carboxylic acids is 1. The summed E-state index contributed by atoms with van der Waals surface area (Å²) >= 11 is 0. The molecule has 1 unspecified atom stereocenters. The summed E-state index contributed by atoms with van der Waals surface area (Å²) in [6.07, 6.45) is 3.46. The van der Waals surface area contributed by atoms with Crippen LogP contribution in [0.1, 0.15) is 35.1 Å². The number of nitrogens with zero attached hydrogens (tertiary/aromatic N) is 3. The first-order chi connectivity index (χ1) is 15.5. The van der Waals surface area contributed by atoms with Gasteiger partial charge >= 0.3 is 0 Å². The molecule has 0 fully saturated rings. The molecule has 8 heteroatoms. The molecule has 2 aromatic heterocycles. The number of rotatable bonds is 2. The second-order valence-electron chi connectivity index (χ2n) is 7.63. The molecule has 32 heavy (non-hydrogen) atoms. The van der Waals surface area contributed by atoms with E-state index < -0.39 is 0 Å². The summed E-state index contributed by atoms with van der Waals surface area (Å²) in [6, 6.07) is 14.3. The number of fused-ring (bicyclic) bond motifs is 3. The maximum atomic E-state index is 13.2. The van der Waals surface area contributed by atoms with Crippen LogP contribution in [0, 0.1) is 17.7 Å². The highest BCUT2D eigenvalue weighted by Gasteiger charge is 2.21. The first kappa shape index (κ1) is 21.2. The van der Waals surface area contributed by atoms with E-state index >= 15 is 0 Å². The van der Waals surface area contributed by atoms with Crippen molar-refractivity contribution in [1.29, 1.82) is 10.8 Å². The van der Waals surface area contributed by atoms with Crippen LogP contribution in [0.25, 0.3) is 11.1 Å². The molecular weight excluding hydrogens is 404 g/mol. The zero-order chi connectivity index (χ0) is 22.7. The molecule has 0 aliphatic carbocycles. The number of hydrogen-bond donors (Lipinski definition) is 3. The Morgan fingerprint density at radius 1 is 1.19 bits per heavy atom. The van der Waals surface area contributed by atoms with Gasteiger partial charge < -0.3 is 15.0 Å². The van der Waals surface area contributed by atoms with Crippen molar-refractivity contribution in [2.75, 3.05) is 11.9 Å². The molecule has 0 saturated heterocycles. The van der Waals surface area contributed by atoms with Crippen molar-refractivity contribution < 1.29 is 9.53 Å². The Bertz CT molecular complexity index is 1180. The lowest BCUT2D eigenvalue weighted by atomic mass is 10.0. The molecule has 0 radical (unpaired) electrons. The van der Waals surface area contributed by atoms with Gasteiger partial charge in [-0.25, -0.2) is 4.98 Å².